The van der Waals surface area contributed by atoms with Crippen LogP contribution in [0.25, 0.3) is 0 Å². The Morgan fingerprint density at radius 2 is 2.17 bits per heavy atom. The molecule has 5 heteroatoms. The number of hydrogen-bond acceptors (Lipinski definition) is 2. The van der Waals surface area contributed by atoms with Crippen LogP contribution in [0.5, 0.6) is 0 Å². The van der Waals surface area contributed by atoms with Crippen LogP contribution >= 0.6 is 0 Å². The predicted octanol–water partition coefficient (Wildman–Crippen LogP) is 1.05. The fourth-order valence-electron chi connectivity index (χ4n) is 1.36. The van der Waals surface area contributed by atoms with E-state index in [4.69, 9.17) is 5.11 Å². The standard InChI is InChI=1S/C7H12F3NO/c8-7(9,10)6(12)4-5-2-1-3-11-5/h5-6,11-12H,1-4H2. The highest BCUT2D eigenvalue weighted by molar-refractivity contribution is 4.79. The Labute approximate surface area is 68.8 Å². The molecule has 2 nitrogen and oxygen atoms in total. The summed E-state index contributed by atoms with van der Waals surface area (Å²) in [6.45, 7) is 0.759. The second kappa shape index (κ2) is 3.62. The van der Waals surface area contributed by atoms with Gasteiger partial charge in [-0.3, -0.25) is 0 Å². The third-order valence-corrected chi connectivity index (χ3v) is 2.05. The molecule has 1 rings (SSSR count). The Kier molecular flexibility index (Phi) is 2.95. The minimum atomic E-state index is -4.47. The summed E-state index contributed by atoms with van der Waals surface area (Å²) >= 11 is 0. The molecule has 0 saturated carbocycles. The third kappa shape index (κ3) is 2.64. The van der Waals surface area contributed by atoms with Gasteiger partial charge in [0.05, 0.1) is 0 Å². The van der Waals surface area contributed by atoms with Crippen molar-refractivity contribution in [3.63, 3.8) is 0 Å². The Morgan fingerprint density at radius 1 is 1.50 bits per heavy atom. The molecule has 1 aliphatic heterocycles. The Balaban J connectivity index is 2.30. The van der Waals surface area contributed by atoms with E-state index < -0.39 is 12.3 Å². The first-order valence-electron chi connectivity index (χ1n) is 3.98. The molecule has 1 heterocycles. The largest absolute Gasteiger partial charge is 0.414 e. The summed E-state index contributed by atoms with van der Waals surface area (Å²) in [5.74, 6) is 0. The van der Waals surface area contributed by atoms with Crippen LogP contribution in [0.15, 0.2) is 0 Å². The molecule has 0 aromatic heterocycles. The van der Waals surface area contributed by atoms with Crippen LogP contribution < -0.4 is 5.32 Å². The summed E-state index contributed by atoms with van der Waals surface area (Å²) in [5.41, 5.74) is 0. The molecular formula is C7H12F3NO. The zero-order valence-electron chi connectivity index (χ0n) is 6.56. The Bertz CT molecular complexity index is 142. The molecule has 1 aliphatic rings. The van der Waals surface area contributed by atoms with Gasteiger partial charge in [0, 0.05) is 6.04 Å². The number of hydrogen-bond donors (Lipinski definition) is 2. The molecule has 1 saturated heterocycles. The summed E-state index contributed by atoms with van der Waals surface area (Å²) in [7, 11) is 0. The highest BCUT2D eigenvalue weighted by Gasteiger charge is 2.39. The number of aliphatic hydroxyl groups excluding tert-OH is 1. The second-order valence-corrected chi connectivity index (χ2v) is 3.09. The molecule has 0 aromatic carbocycles. The molecule has 0 aromatic rings. The smallest absolute Gasteiger partial charge is 0.384 e. The Hall–Kier alpha value is -0.290. The van der Waals surface area contributed by atoms with Gasteiger partial charge in [-0.1, -0.05) is 0 Å². The van der Waals surface area contributed by atoms with Crippen LogP contribution in [0.3, 0.4) is 0 Å². The van der Waals surface area contributed by atoms with Crippen molar-refractivity contribution >= 4 is 0 Å². The van der Waals surface area contributed by atoms with Crippen LogP contribution in [0.4, 0.5) is 13.2 Å². The summed E-state index contributed by atoms with van der Waals surface area (Å²) in [6, 6.07) is -0.165. The predicted molar refractivity (Wildman–Crippen MR) is 37.7 cm³/mol. The van der Waals surface area contributed by atoms with Crippen molar-refractivity contribution in [2.45, 2.75) is 37.6 Å². The molecule has 0 amide bonds. The molecule has 0 radical (unpaired) electrons. The quantitative estimate of drug-likeness (QED) is 0.670. The molecule has 72 valence electrons. The minimum Gasteiger partial charge on any atom is -0.384 e. The van der Waals surface area contributed by atoms with Crippen molar-refractivity contribution in [3.8, 4) is 0 Å². The van der Waals surface area contributed by atoms with Crippen LogP contribution in [-0.2, 0) is 0 Å². The number of rotatable bonds is 2. The lowest BCUT2D eigenvalue weighted by molar-refractivity contribution is -0.206. The van der Waals surface area contributed by atoms with E-state index in [1.54, 1.807) is 0 Å². The van der Waals surface area contributed by atoms with Crippen LogP contribution in [-0.4, -0.2) is 30.0 Å². The van der Waals surface area contributed by atoms with Gasteiger partial charge in [-0.05, 0) is 25.8 Å². The van der Waals surface area contributed by atoms with Crippen molar-refractivity contribution in [3.05, 3.63) is 0 Å². The second-order valence-electron chi connectivity index (χ2n) is 3.09. The number of nitrogens with one attached hydrogen (secondary N) is 1. The summed E-state index contributed by atoms with van der Waals surface area (Å²) < 4.78 is 35.5. The number of halogens is 3. The maximum absolute atomic E-state index is 11.8. The molecular weight excluding hydrogens is 171 g/mol. The van der Waals surface area contributed by atoms with E-state index in [0.29, 0.717) is 0 Å². The van der Waals surface area contributed by atoms with Gasteiger partial charge >= 0.3 is 6.18 Å². The monoisotopic (exact) mass is 183 g/mol. The summed E-state index contributed by atoms with van der Waals surface area (Å²) in [4.78, 5) is 0. The minimum absolute atomic E-state index is 0.165. The van der Waals surface area contributed by atoms with Gasteiger partial charge in [-0.2, -0.15) is 13.2 Å². The molecule has 2 N–H and O–H groups in total. The fourth-order valence-corrected chi connectivity index (χ4v) is 1.36. The lowest BCUT2D eigenvalue weighted by Gasteiger charge is -2.18. The Morgan fingerprint density at radius 3 is 2.58 bits per heavy atom. The van der Waals surface area contributed by atoms with Crippen molar-refractivity contribution in [2.24, 2.45) is 0 Å². The van der Waals surface area contributed by atoms with Gasteiger partial charge in [-0.25, -0.2) is 0 Å². The molecule has 0 bridgehead atoms. The first-order valence-corrected chi connectivity index (χ1v) is 3.98. The zero-order valence-corrected chi connectivity index (χ0v) is 6.56. The van der Waals surface area contributed by atoms with Gasteiger partial charge in [0.25, 0.3) is 0 Å². The van der Waals surface area contributed by atoms with Crippen molar-refractivity contribution in [2.75, 3.05) is 6.54 Å². The fraction of sp³-hybridized carbons (Fsp3) is 1.00. The SMILES string of the molecule is OC(CC1CCCN1)C(F)(F)F. The van der Waals surface area contributed by atoms with Crippen molar-refractivity contribution < 1.29 is 18.3 Å². The summed E-state index contributed by atoms with van der Waals surface area (Å²) in [6.07, 6.45) is -5.23. The van der Waals surface area contributed by atoms with E-state index in [1.807, 2.05) is 0 Å². The highest BCUT2D eigenvalue weighted by atomic mass is 19.4. The van der Waals surface area contributed by atoms with Crippen LogP contribution in [0.2, 0.25) is 0 Å². The van der Waals surface area contributed by atoms with E-state index in [1.165, 1.54) is 0 Å². The third-order valence-electron chi connectivity index (χ3n) is 2.05. The molecule has 2 atom stereocenters. The van der Waals surface area contributed by atoms with Gasteiger partial charge in [0.1, 0.15) is 0 Å². The van der Waals surface area contributed by atoms with Crippen LogP contribution in [0.1, 0.15) is 19.3 Å². The maximum atomic E-state index is 11.8. The van der Waals surface area contributed by atoms with Gasteiger partial charge in [-0.15, -0.1) is 0 Å². The van der Waals surface area contributed by atoms with Crippen LogP contribution in [0, 0.1) is 0 Å². The lowest BCUT2D eigenvalue weighted by atomic mass is 10.1. The molecule has 1 fully saturated rings. The average molecular weight is 183 g/mol. The topological polar surface area (TPSA) is 32.3 Å². The highest BCUT2D eigenvalue weighted by Crippen LogP contribution is 2.25. The molecule has 12 heavy (non-hydrogen) atoms. The number of aliphatic hydroxyl groups is 1. The first-order chi connectivity index (χ1) is 5.50. The van der Waals surface area contributed by atoms with Crippen molar-refractivity contribution in [1.29, 1.82) is 0 Å². The zero-order chi connectivity index (χ0) is 9.19. The van der Waals surface area contributed by atoms with E-state index >= 15 is 0 Å². The first kappa shape index (κ1) is 9.80. The molecule has 2 unspecified atom stereocenters. The average Bonchev–Trinajstić information content (AvgIpc) is 2.37. The normalized spacial score (nSPS) is 27.5. The van der Waals surface area contributed by atoms with Crippen molar-refractivity contribution in [1.82, 2.24) is 5.32 Å². The molecule has 0 aliphatic carbocycles. The molecule has 0 spiro atoms. The summed E-state index contributed by atoms with van der Waals surface area (Å²) in [5, 5.41) is 11.6. The lowest BCUT2D eigenvalue weighted by Crippen LogP contribution is -2.35. The van der Waals surface area contributed by atoms with E-state index in [-0.39, 0.29) is 12.5 Å². The van der Waals surface area contributed by atoms with E-state index in [9.17, 15) is 13.2 Å². The number of alkyl halides is 3. The maximum Gasteiger partial charge on any atom is 0.414 e. The van der Waals surface area contributed by atoms with E-state index in [2.05, 4.69) is 5.32 Å². The van der Waals surface area contributed by atoms with E-state index in [0.717, 1.165) is 19.4 Å². The van der Waals surface area contributed by atoms with Gasteiger partial charge in [0.2, 0.25) is 0 Å². The van der Waals surface area contributed by atoms with Gasteiger partial charge < -0.3 is 10.4 Å². The van der Waals surface area contributed by atoms with Gasteiger partial charge in [0.15, 0.2) is 6.10 Å².